The molecule has 2 aliphatic heterocycles. The Kier molecular flexibility index (Phi) is 7.50. The Morgan fingerprint density at radius 1 is 1.11 bits per heavy atom. The molecule has 1 aliphatic carbocycles. The van der Waals surface area contributed by atoms with Gasteiger partial charge in [-0.15, -0.1) is 0 Å². The number of nitrogens with zero attached hydrogens (tertiary/aromatic N) is 2. The predicted octanol–water partition coefficient (Wildman–Crippen LogP) is 2.09. The van der Waals surface area contributed by atoms with Crippen LogP contribution in [0.5, 0.6) is 0 Å². The Balaban J connectivity index is 1.45. The molecular formula is C27H37N3O7. The number of likely N-dealkylation sites (tertiary alicyclic amines) is 2. The molecule has 2 N–H and O–H groups in total. The molecule has 10 nitrogen and oxygen atoms in total. The van der Waals surface area contributed by atoms with Gasteiger partial charge in [0.05, 0.1) is 6.61 Å². The molecule has 10 heteroatoms. The van der Waals surface area contributed by atoms with Gasteiger partial charge in [0.25, 0.3) is 5.91 Å². The maximum Gasteiger partial charge on any atom is 0.410 e. The van der Waals surface area contributed by atoms with Gasteiger partial charge in [-0.1, -0.05) is 30.3 Å². The first-order valence-corrected chi connectivity index (χ1v) is 12.8. The van der Waals surface area contributed by atoms with Crippen LogP contribution in [0.3, 0.4) is 0 Å². The zero-order valence-corrected chi connectivity index (χ0v) is 22.0. The minimum atomic E-state index is -1.75. The third-order valence-electron chi connectivity index (χ3n) is 7.58. The van der Waals surface area contributed by atoms with E-state index in [1.54, 1.807) is 9.80 Å². The van der Waals surface area contributed by atoms with E-state index < -0.39 is 29.0 Å². The quantitative estimate of drug-likeness (QED) is 0.347. The lowest BCUT2D eigenvalue weighted by atomic mass is 9.91. The highest BCUT2D eigenvalue weighted by Gasteiger charge is 2.58. The van der Waals surface area contributed by atoms with Crippen molar-refractivity contribution in [2.75, 3.05) is 26.2 Å². The van der Waals surface area contributed by atoms with Crippen LogP contribution in [-0.4, -0.2) is 77.2 Å². The Bertz CT molecular complexity index is 1040. The van der Waals surface area contributed by atoms with Crippen LogP contribution in [0.25, 0.3) is 0 Å². The smallest absolute Gasteiger partial charge is 0.410 e. The van der Waals surface area contributed by atoms with Gasteiger partial charge < -0.3 is 29.7 Å². The lowest BCUT2D eigenvalue weighted by Crippen LogP contribution is -2.57. The molecule has 0 spiro atoms. The lowest BCUT2D eigenvalue weighted by Gasteiger charge is -2.33. The van der Waals surface area contributed by atoms with Crippen molar-refractivity contribution in [3.63, 3.8) is 0 Å². The first kappa shape index (κ1) is 26.9. The van der Waals surface area contributed by atoms with Crippen molar-refractivity contribution in [3.8, 4) is 0 Å². The van der Waals surface area contributed by atoms with Gasteiger partial charge in [0.2, 0.25) is 0 Å². The molecule has 1 aromatic rings. The van der Waals surface area contributed by atoms with Crippen molar-refractivity contribution in [2.24, 2.45) is 23.5 Å². The summed E-state index contributed by atoms with van der Waals surface area (Å²) in [5, 5.41) is 0. The van der Waals surface area contributed by atoms with Gasteiger partial charge in [0.15, 0.2) is 5.54 Å². The molecule has 2 amide bonds. The predicted molar refractivity (Wildman–Crippen MR) is 133 cm³/mol. The molecule has 0 aromatic heterocycles. The summed E-state index contributed by atoms with van der Waals surface area (Å²) in [6.45, 7) is 8.25. The topological polar surface area (TPSA) is 128 Å². The molecule has 5 unspecified atom stereocenters. The fourth-order valence-corrected chi connectivity index (χ4v) is 5.80. The number of rotatable bonds is 6. The van der Waals surface area contributed by atoms with Crippen LogP contribution in [0.2, 0.25) is 0 Å². The fraction of sp³-hybridized carbons (Fsp3) is 0.630. The molecule has 3 fully saturated rings. The number of hydrogen-bond donors (Lipinski definition) is 1. The van der Waals surface area contributed by atoms with Gasteiger partial charge in [0, 0.05) is 44.9 Å². The number of carbonyl (C=O) groups is 4. The van der Waals surface area contributed by atoms with E-state index in [0.717, 1.165) is 5.56 Å². The van der Waals surface area contributed by atoms with Crippen molar-refractivity contribution >= 4 is 23.9 Å². The minimum Gasteiger partial charge on any atom is -0.465 e. The molecule has 1 aromatic carbocycles. The van der Waals surface area contributed by atoms with Crippen molar-refractivity contribution in [1.29, 1.82) is 0 Å². The average molecular weight is 516 g/mol. The third kappa shape index (κ3) is 5.74. The van der Waals surface area contributed by atoms with Crippen LogP contribution < -0.4 is 5.73 Å². The number of benzene rings is 1. The second kappa shape index (κ2) is 10.3. The van der Waals surface area contributed by atoms with Crippen molar-refractivity contribution in [3.05, 3.63) is 35.9 Å². The van der Waals surface area contributed by atoms with Gasteiger partial charge in [-0.3, -0.25) is 9.59 Å². The molecule has 5 atom stereocenters. The van der Waals surface area contributed by atoms with E-state index in [4.69, 9.17) is 19.9 Å². The molecular weight excluding hydrogens is 478 g/mol. The molecule has 0 bridgehead atoms. The molecule has 3 aliphatic rings. The van der Waals surface area contributed by atoms with Crippen LogP contribution in [0.15, 0.2) is 30.3 Å². The molecule has 2 heterocycles. The Morgan fingerprint density at radius 2 is 1.81 bits per heavy atom. The van der Waals surface area contributed by atoms with Gasteiger partial charge in [-0.2, -0.15) is 0 Å². The molecule has 202 valence electrons. The Hall–Kier alpha value is -3.14. The molecule has 4 rings (SSSR count). The summed E-state index contributed by atoms with van der Waals surface area (Å²) in [7, 11) is 0. The van der Waals surface area contributed by atoms with Crippen LogP contribution >= 0.6 is 0 Å². The largest absolute Gasteiger partial charge is 0.465 e. The van der Waals surface area contributed by atoms with Crippen LogP contribution in [-0.2, 0) is 35.2 Å². The number of fused-ring (bicyclic) bond motifs is 1. The molecule has 0 radical (unpaired) electrons. The maximum atomic E-state index is 13.5. The Morgan fingerprint density at radius 3 is 2.46 bits per heavy atom. The maximum absolute atomic E-state index is 13.5. The Labute approximate surface area is 217 Å². The van der Waals surface area contributed by atoms with E-state index in [9.17, 15) is 19.2 Å². The zero-order valence-electron chi connectivity index (χ0n) is 22.0. The zero-order chi connectivity index (χ0) is 27.0. The molecule has 2 saturated heterocycles. The summed E-state index contributed by atoms with van der Waals surface area (Å²) in [6, 6.07) is 8.95. The second-order valence-electron chi connectivity index (χ2n) is 11.4. The summed E-state index contributed by atoms with van der Waals surface area (Å²) in [6.07, 6.45) is 0.399. The number of esters is 2. The number of amides is 2. The highest BCUT2D eigenvalue weighted by atomic mass is 16.6. The highest BCUT2D eigenvalue weighted by molar-refractivity contribution is 6.08. The van der Waals surface area contributed by atoms with Crippen molar-refractivity contribution < 1.29 is 33.4 Å². The SMILES string of the molecule is CC(=O)OCC1C2CN(C(=O)OC(C)(C)C)CC2CC1N1CCC(N)(C(=O)OCc2ccccc2)C1=O. The summed E-state index contributed by atoms with van der Waals surface area (Å²) >= 11 is 0. The second-order valence-corrected chi connectivity index (χ2v) is 11.4. The van der Waals surface area contributed by atoms with E-state index in [-0.39, 0.29) is 49.5 Å². The van der Waals surface area contributed by atoms with E-state index in [0.29, 0.717) is 26.1 Å². The standard InChI is InChI=1S/C27H37N3O7/c1-17(31)35-16-21-20-14-29(25(34)37-26(2,3)4)13-19(20)12-22(21)30-11-10-27(28,23(30)32)24(33)36-15-18-8-6-5-7-9-18/h5-9,19-22H,10-16,28H2,1-4H3. The lowest BCUT2D eigenvalue weighted by molar-refractivity contribution is -0.156. The first-order chi connectivity index (χ1) is 17.4. The van der Waals surface area contributed by atoms with Crippen LogP contribution in [0.1, 0.15) is 46.1 Å². The monoisotopic (exact) mass is 515 g/mol. The average Bonchev–Trinajstić information content (AvgIpc) is 3.47. The normalized spacial score (nSPS) is 29.3. The van der Waals surface area contributed by atoms with Crippen molar-refractivity contribution in [2.45, 2.75) is 64.3 Å². The first-order valence-electron chi connectivity index (χ1n) is 12.8. The number of hydrogen-bond acceptors (Lipinski definition) is 8. The van der Waals surface area contributed by atoms with E-state index in [2.05, 4.69) is 0 Å². The van der Waals surface area contributed by atoms with E-state index >= 15 is 0 Å². The summed E-state index contributed by atoms with van der Waals surface area (Å²) in [4.78, 5) is 54.1. The minimum absolute atomic E-state index is 0.0301. The van der Waals surface area contributed by atoms with Crippen LogP contribution in [0, 0.1) is 17.8 Å². The number of ether oxygens (including phenoxy) is 3. The highest BCUT2D eigenvalue weighted by Crippen LogP contribution is 2.46. The van der Waals surface area contributed by atoms with Gasteiger partial charge in [-0.05, 0) is 44.6 Å². The molecule has 37 heavy (non-hydrogen) atoms. The van der Waals surface area contributed by atoms with Gasteiger partial charge >= 0.3 is 18.0 Å². The van der Waals surface area contributed by atoms with Gasteiger partial charge in [-0.25, -0.2) is 9.59 Å². The van der Waals surface area contributed by atoms with Gasteiger partial charge in [0.1, 0.15) is 12.2 Å². The number of nitrogens with two attached hydrogens (primary N) is 1. The summed E-state index contributed by atoms with van der Waals surface area (Å²) in [5.74, 6) is -1.66. The van der Waals surface area contributed by atoms with E-state index in [1.165, 1.54) is 6.92 Å². The summed E-state index contributed by atoms with van der Waals surface area (Å²) in [5.41, 5.74) is 4.81. The fourth-order valence-electron chi connectivity index (χ4n) is 5.80. The van der Waals surface area contributed by atoms with E-state index in [1.807, 2.05) is 51.1 Å². The third-order valence-corrected chi connectivity index (χ3v) is 7.58. The number of carbonyl (C=O) groups excluding carboxylic acids is 4. The van der Waals surface area contributed by atoms with Crippen LogP contribution in [0.4, 0.5) is 4.79 Å². The molecule has 1 saturated carbocycles. The summed E-state index contributed by atoms with van der Waals surface area (Å²) < 4.78 is 16.3. The van der Waals surface area contributed by atoms with Crippen molar-refractivity contribution in [1.82, 2.24) is 9.80 Å².